The lowest BCUT2D eigenvalue weighted by molar-refractivity contribution is -0.173. The third-order valence-corrected chi connectivity index (χ3v) is 8.35. The number of thiazole rings is 1. The highest BCUT2D eigenvalue weighted by molar-refractivity contribution is 8.00. The Morgan fingerprint density at radius 2 is 1.90 bits per heavy atom. The lowest BCUT2D eigenvalue weighted by Gasteiger charge is -2.49. The molecule has 0 saturated carbocycles. The van der Waals surface area contributed by atoms with Gasteiger partial charge in [0.2, 0.25) is 6.79 Å². The summed E-state index contributed by atoms with van der Waals surface area (Å²) in [6.45, 7) is 5.10. The summed E-state index contributed by atoms with van der Waals surface area (Å²) in [5, 5.41) is 15.7. The normalized spacial score (nSPS) is 20.8. The van der Waals surface area contributed by atoms with Crippen molar-refractivity contribution in [3.8, 4) is 0 Å². The molecule has 1 unspecified atom stereocenters. The number of nitrogens with zero attached hydrogens (tertiary/aromatic N) is 4. The highest BCUT2D eigenvalue weighted by Gasteiger charge is 2.55. The van der Waals surface area contributed by atoms with Gasteiger partial charge < -0.3 is 35.4 Å². The number of hydrogen-bond acceptors (Lipinski definition) is 14. The number of thioether (sulfide) groups is 1. The van der Waals surface area contributed by atoms with Crippen LogP contribution in [0.15, 0.2) is 21.8 Å². The van der Waals surface area contributed by atoms with E-state index in [4.69, 9.17) is 19.9 Å². The van der Waals surface area contributed by atoms with Crippen molar-refractivity contribution in [1.82, 2.24) is 20.1 Å². The third kappa shape index (κ3) is 6.56. The van der Waals surface area contributed by atoms with Gasteiger partial charge in [-0.2, -0.15) is 0 Å². The van der Waals surface area contributed by atoms with Gasteiger partial charge in [0.1, 0.15) is 29.4 Å². The second-order valence-electron chi connectivity index (χ2n) is 10.3. The summed E-state index contributed by atoms with van der Waals surface area (Å²) in [6.07, 6.45) is 1.20. The number of esters is 2. The Labute approximate surface area is 243 Å². The molecule has 0 aromatic carbocycles. The molecule has 4 N–H and O–H groups in total. The number of amides is 3. The van der Waals surface area contributed by atoms with Crippen molar-refractivity contribution in [2.75, 3.05) is 38.0 Å². The van der Waals surface area contributed by atoms with Crippen LogP contribution >= 0.6 is 23.1 Å². The van der Waals surface area contributed by atoms with Gasteiger partial charge in [0.15, 0.2) is 10.8 Å². The highest BCUT2D eigenvalue weighted by Crippen LogP contribution is 2.41. The number of aromatic nitrogens is 1. The first-order chi connectivity index (χ1) is 19.4. The van der Waals surface area contributed by atoms with E-state index in [-0.39, 0.29) is 28.9 Å². The molecule has 17 heteroatoms. The van der Waals surface area contributed by atoms with E-state index in [9.17, 15) is 29.2 Å². The Hall–Kier alpha value is -3.86. The average molecular weight is 611 g/mol. The number of carbonyl (C=O) groups is 5. The molecule has 2 fully saturated rings. The van der Waals surface area contributed by atoms with Gasteiger partial charge in [0.05, 0.1) is 5.41 Å². The molecule has 2 atom stereocenters. The molecule has 4 heterocycles. The van der Waals surface area contributed by atoms with Crippen molar-refractivity contribution in [3.05, 3.63) is 22.3 Å². The zero-order valence-corrected chi connectivity index (χ0v) is 24.2. The number of hydrogen-bond donors (Lipinski definition) is 3. The third-order valence-electron chi connectivity index (χ3n) is 6.33. The number of nitrogens with one attached hydrogen (secondary N) is 1. The summed E-state index contributed by atoms with van der Waals surface area (Å²) in [6, 6.07) is -1.07. The minimum atomic E-state index is -1.07. The van der Waals surface area contributed by atoms with Crippen LogP contribution in [-0.4, -0.2) is 99.2 Å². The van der Waals surface area contributed by atoms with Gasteiger partial charge in [-0.1, -0.05) is 5.16 Å². The maximum absolute atomic E-state index is 13.2. The van der Waals surface area contributed by atoms with E-state index in [2.05, 4.69) is 15.5 Å². The lowest BCUT2D eigenvalue weighted by atomic mass is 9.98. The maximum Gasteiger partial charge on any atom is 0.410 e. The number of rotatable bonds is 8. The maximum atomic E-state index is 13.2. The number of nitrogen functional groups attached to an aromatic ring is 1. The van der Waals surface area contributed by atoms with Crippen LogP contribution < -0.4 is 11.1 Å². The molecule has 1 aromatic heterocycles. The van der Waals surface area contributed by atoms with Crippen LogP contribution in [0.4, 0.5) is 9.93 Å². The van der Waals surface area contributed by atoms with E-state index in [0.29, 0.717) is 18.7 Å². The van der Waals surface area contributed by atoms with Crippen molar-refractivity contribution < 1.29 is 43.4 Å². The van der Waals surface area contributed by atoms with Gasteiger partial charge in [-0.05, 0) is 33.6 Å². The van der Waals surface area contributed by atoms with Gasteiger partial charge in [0, 0.05) is 29.8 Å². The molecule has 3 aliphatic heterocycles. The van der Waals surface area contributed by atoms with E-state index in [0.717, 1.165) is 29.1 Å². The fraction of sp³-hybridized carbons (Fsp3) is 0.542. The van der Waals surface area contributed by atoms with Crippen LogP contribution in [0.25, 0.3) is 0 Å². The first-order valence-electron chi connectivity index (χ1n) is 12.6. The van der Waals surface area contributed by atoms with E-state index < -0.39 is 59.2 Å². The molecular weight excluding hydrogens is 580 g/mol. The molecule has 4 rings (SSSR count). The van der Waals surface area contributed by atoms with Crippen LogP contribution in [0, 0.1) is 5.41 Å². The zero-order valence-electron chi connectivity index (χ0n) is 22.6. The van der Waals surface area contributed by atoms with Crippen LogP contribution in [0.2, 0.25) is 0 Å². The zero-order chi connectivity index (χ0) is 29.9. The summed E-state index contributed by atoms with van der Waals surface area (Å²) in [5.74, 6) is -2.90. The molecule has 15 nitrogen and oxygen atoms in total. The molecule has 41 heavy (non-hydrogen) atoms. The first kappa shape index (κ1) is 30.1. The van der Waals surface area contributed by atoms with Gasteiger partial charge in [-0.3, -0.25) is 19.3 Å². The van der Waals surface area contributed by atoms with Crippen molar-refractivity contribution in [3.63, 3.8) is 0 Å². The molecular formula is C24H30N6O9S2. The van der Waals surface area contributed by atoms with E-state index in [1.54, 1.807) is 25.7 Å². The quantitative estimate of drug-likeness (QED) is 0.0938. The van der Waals surface area contributed by atoms with Crippen LogP contribution in [0.1, 0.15) is 39.3 Å². The summed E-state index contributed by atoms with van der Waals surface area (Å²) >= 11 is 2.27. The van der Waals surface area contributed by atoms with Gasteiger partial charge >= 0.3 is 18.0 Å². The largest absolute Gasteiger partial charge is 0.445 e. The van der Waals surface area contributed by atoms with E-state index in [1.807, 2.05) is 0 Å². The van der Waals surface area contributed by atoms with Crippen LogP contribution in [-0.2, 0) is 33.4 Å². The number of oxime groups is 1. The molecule has 0 radical (unpaired) electrons. The summed E-state index contributed by atoms with van der Waals surface area (Å²) in [4.78, 5) is 70.3. The molecule has 0 bridgehead atoms. The topological polar surface area (TPSA) is 203 Å². The summed E-state index contributed by atoms with van der Waals surface area (Å²) < 4.78 is 15.6. The number of fused-ring (bicyclic) bond motifs is 1. The number of nitrogens with two attached hydrogens (primary N) is 1. The minimum absolute atomic E-state index is 0.0310. The number of ether oxygens (including phenoxy) is 3. The monoisotopic (exact) mass is 610 g/mol. The smallest absolute Gasteiger partial charge is 0.410 e. The predicted molar refractivity (Wildman–Crippen MR) is 146 cm³/mol. The average Bonchev–Trinajstić information content (AvgIpc) is 3.62. The van der Waals surface area contributed by atoms with Gasteiger partial charge in [-0.15, -0.1) is 23.1 Å². The van der Waals surface area contributed by atoms with Crippen LogP contribution in [0.3, 0.4) is 0 Å². The number of anilines is 1. The molecule has 1 aromatic rings. The molecule has 0 aliphatic carbocycles. The Morgan fingerprint density at radius 3 is 2.51 bits per heavy atom. The molecule has 3 aliphatic rings. The Kier molecular flexibility index (Phi) is 9.06. The molecule has 3 amide bonds. The first-order valence-corrected chi connectivity index (χ1v) is 14.5. The highest BCUT2D eigenvalue weighted by atomic mass is 32.2. The fourth-order valence-corrected chi connectivity index (χ4v) is 6.04. The van der Waals surface area contributed by atoms with Crippen LogP contribution in [0.5, 0.6) is 0 Å². The fourth-order valence-electron chi connectivity index (χ4n) is 4.16. The van der Waals surface area contributed by atoms with Crippen molar-refractivity contribution >= 4 is 63.8 Å². The predicted octanol–water partition coefficient (Wildman–Crippen LogP) is 0.880. The Balaban J connectivity index is 1.49. The molecule has 2 saturated heterocycles. The standard InChI is InChI=1S/C24H30N6O9S2/c1-24(2,3)21(34)39-11-38-20(33)16-12(8-37-23(35)29-6-4-5-7-29)9-40-19-15(18(32)30(16)19)27-17(31)14(28-36)13-10-41-22(25)26-13/h10,15,19,36H,4-9,11H2,1-3H3,(H2,25,26)(H,27,31)/b28-14-/t15?,19-/m0/s1. The number of likely N-dealkylation sites (tertiary alicyclic amines) is 1. The summed E-state index contributed by atoms with van der Waals surface area (Å²) in [5.41, 5.74) is 4.52. The number of β-lactam (4-membered cyclic amide) rings is 1. The molecule has 0 spiro atoms. The van der Waals surface area contributed by atoms with Crippen molar-refractivity contribution in [2.24, 2.45) is 10.6 Å². The minimum Gasteiger partial charge on any atom is -0.445 e. The second kappa shape index (κ2) is 12.3. The van der Waals surface area contributed by atoms with Crippen molar-refractivity contribution in [1.29, 1.82) is 0 Å². The van der Waals surface area contributed by atoms with Gasteiger partial charge in [-0.25, -0.2) is 14.6 Å². The Morgan fingerprint density at radius 1 is 1.20 bits per heavy atom. The van der Waals surface area contributed by atoms with E-state index >= 15 is 0 Å². The SMILES string of the molecule is CC(C)(C)C(=O)OCOC(=O)C1=C(COC(=O)N2CCCC2)CS[C@H]2C(NC(=O)/C(=N\O)c3csc(N)n3)C(=O)N12. The van der Waals surface area contributed by atoms with Gasteiger partial charge in [0.25, 0.3) is 11.8 Å². The second-order valence-corrected chi connectivity index (χ2v) is 12.3. The summed E-state index contributed by atoms with van der Waals surface area (Å²) in [7, 11) is 0. The molecule has 222 valence electrons. The van der Waals surface area contributed by atoms with E-state index in [1.165, 1.54) is 17.1 Å². The number of carbonyl (C=O) groups excluding carboxylic acids is 5. The Bertz CT molecular complexity index is 1300. The lowest BCUT2D eigenvalue weighted by Crippen LogP contribution is -2.71. The van der Waals surface area contributed by atoms with Crippen molar-refractivity contribution in [2.45, 2.75) is 45.0 Å².